The predicted molar refractivity (Wildman–Crippen MR) is 105 cm³/mol. The summed E-state index contributed by atoms with van der Waals surface area (Å²) >= 11 is 0. The normalized spacial score (nSPS) is 16.5. The maximum absolute atomic E-state index is 12.2. The molecule has 0 atom stereocenters. The molecule has 2 rings (SSSR count). The van der Waals surface area contributed by atoms with Crippen molar-refractivity contribution in [2.75, 3.05) is 19.3 Å². The second-order valence-corrected chi connectivity index (χ2v) is 7.72. The minimum atomic E-state index is -3.24. The van der Waals surface area contributed by atoms with Crippen LogP contribution in [0.3, 0.4) is 0 Å². The number of benzene rings is 1. The van der Waals surface area contributed by atoms with E-state index in [0.29, 0.717) is 23.4 Å². The van der Waals surface area contributed by atoms with E-state index < -0.39 is 9.84 Å². The average Bonchev–Trinajstić information content (AvgIpc) is 2.55. The van der Waals surface area contributed by atoms with E-state index in [1.54, 1.807) is 31.3 Å². The Bertz CT molecular complexity index is 585. The first-order chi connectivity index (χ1) is 10.6. The average molecular weight is 451 g/mol. The molecule has 130 valence electrons. The van der Waals surface area contributed by atoms with Crippen LogP contribution in [0.2, 0.25) is 0 Å². The molecule has 0 radical (unpaired) electrons. The highest BCUT2D eigenvalue weighted by Crippen LogP contribution is 2.17. The first-order valence-corrected chi connectivity index (χ1v) is 9.52. The summed E-state index contributed by atoms with van der Waals surface area (Å²) in [6.45, 7) is 0.351. The van der Waals surface area contributed by atoms with Crippen molar-refractivity contribution < 1.29 is 8.42 Å². The zero-order valence-corrected chi connectivity index (χ0v) is 16.6. The van der Waals surface area contributed by atoms with Crippen molar-refractivity contribution in [2.24, 2.45) is 4.99 Å². The minimum Gasteiger partial charge on any atom is -0.355 e. The van der Waals surface area contributed by atoms with E-state index >= 15 is 0 Å². The van der Waals surface area contributed by atoms with Crippen LogP contribution >= 0.6 is 24.0 Å². The van der Waals surface area contributed by atoms with Crippen LogP contribution in [-0.2, 0) is 9.84 Å². The zero-order chi connectivity index (χ0) is 15.8. The van der Waals surface area contributed by atoms with E-state index in [9.17, 15) is 8.42 Å². The van der Waals surface area contributed by atoms with Crippen molar-refractivity contribution in [3.8, 4) is 0 Å². The molecule has 0 saturated heterocycles. The van der Waals surface area contributed by atoms with Gasteiger partial charge >= 0.3 is 0 Å². The molecule has 7 heteroatoms. The highest BCUT2D eigenvalue weighted by atomic mass is 127. The largest absolute Gasteiger partial charge is 0.355 e. The molecule has 23 heavy (non-hydrogen) atoms. The molecule has 1 aromatic carbocycles. The van der Waals surface area contributed by atoms with Gasteiger partial charge in [0.05, 0.1) is 10.6 Å². The number of hydrogen-bond donors (Lipinski definition) is 2. The van der Waals surface area contributed by atoms with Gasteiger partial charge in [-0.05, 0) is 25.0 Å². The van der Waals surface area contributed by atoms with Crippen molar-refractivity contribution in [3.63, 3.8) is 0 Å². The first kappa shape index (κ1) is 20.2. The third-order valence-electron chi connectivity index (χ3n) is 3.94. The van der Waals surface area contributed by atoms with E-state index in [1.807, 2.05) is 6.07 Å². The molecule has 1 aliphatic carbocycles. The monoisotopic (exact) mass is 451 g/mol. The lowest BCUT2D eigenvalue weighted by Crippen LogP contribution is -2.45. The van der Waals surface area contributed by atoms with E-state index in [1.165, 1.54) is 19.3 Å². The fourth-order valence-electron chi connectivity index (χ4n) is 2.68. The Morgan fingerprint density at radius 1 is 1.17 bits per heavy atom. The molecule has 1 aliphatic rings. The van der Waals surface area contributed by atoms with Gasteiger partial charge in [-0.25, -0.2) is 8.42 Å². The zero-order valence-electron chi connectivity index (χ0n) is 13.5. The molecule has 0 bridgehead atoms. The third-order valence-corrected chi connectivity index (χ3v) is 5.67. The van der Waals surface area contributed by atoms with E-state index in [2.05, 4.69) is 15.6 Å². The summed E-state index contributed by atoms with van der Waals surface area (Å²) in [5, 5.41) is 6.48. The SMILES string of the molecule is CN=C(NCCS(=O)(=O)c1ccccc1)NC1CCCCC1.I. The second-order valence-electron chi connectivity index (χ2n) is 5.61. The molecule has 0 aliphatic heterocycles. The molecule has 0 amide bonds. The third kappa shape index (κ3) is 6.66. The number of rotatable bonds is 5. The van der Waals surface area contributed by atoms with Gasteiger partial charge in [0, 0.05) is 19.6 Å². The standard InChI is InChI=1S/C16H25N3O2S.HI/c1-17-16(19-14-8-4-2-5-9-14)18-12-13-22(20,21)15-10-6-3-7-11-15;/h3,6-7,10-11,14H,2,4-5,8-9,12-13H2,1H3,(H2,17,18,19);1H. The van der Waals surface area contributed by atoms with Crippen molar-refractivity contribution in [3.05, 3.63) is 30.3 Å². The molecular weight excluding hydrogens is 425 g/mol. The van der Waals surface area contributed by atoms with Gasteiger partial charge in [0.1, 0.15) is 0 Å². The number of nitrogens with zero attached hydrogens (tertiary/aromatic N) is 1. The summed E-state index contributed by atoms with van der Waals surface area (Å²) in [6, 6.07) is 9.00. The second kappa shape index (κ2) is 10.1. The van der Waals surface area contributed by atoms with E-state index in [-0.39, 0.29) is 29.7 Å². The molecule has 0 heterocycles. The summed E-state index contributed by atoms with van der Waals surface area (Å²) in [4.78, 5) is 4.54. The van der Waals surface area contributed by atoms with Crippen molar-refractivity contribution in [1.29, 1.82) is 0 Å². The summed E-state index contributed by atoms with van der Waals surface area (Å²) in [7, 11) is -1.53. The van der Waals surface area contributed by atoms with Gasteiger partial charge in [-0.15, -0.1) is 24.0 Å². The lowest BCUT2D eigenvalue weighted by atomic mass is 9.96. The molecule has 1 saturated carbocycles. The van der Waals surface area contributed by atoms with Gasteiger partial charge in [-0.1, -0.05) is 37.5 Å². The fraction of sp³-hybridized carbons (Fsp3) is 0.562. The Balaban J connectivity index is 0.00000264. The number of hydrogen-bond acceptors (Lipinski definition) is 3. The highest BCUT2D eigenvalue weighted by molar-refractivity contribution is 14.0. The Kier molecular flexibility index (Phi) is 8.90. The van der Waals surface area contributed by atoms with Crippen LogP contribution in [0.15, 0.2) is 40.2 Å². The van der Waals surface area contributed by atoms with E-state index in [0.717, 1.165) is 12.8 Å². The first-order valence-electron chi connectivity index (χ1n) is 7.87. The molecule has 2 N–H and O–H groups in total. The van der Waals surface area contributed by atoms with Crippen LogP contribution < -0.4 is 10.6 Å². The van der Waals surface area contributed by atoms with E-state index in [4.69, 9.17) is 0 Å². The van der Waals surface area contributed by atoms with Crippen LogP contribution in [0.1, 0.15) is 32.1 Å². The lowest BCUT2D eigenvalue weighted by molar-refractivity contribution is 0.410. The topological polar surface area (TPSA) is 70.6 Å². The van der Waals surface area contributed by atoms with Gasteiger partial charge in [-0.3, -0.25) is 4.99 Å². The van der Waals surface area contributed by atoms with Crippen LogP contribution in [-0.4, -0.2) is 39.8 Å². The maximum Gasteiger partial charge on any atom is 0.191 e. The number of nitrogens with one attached hydrogen (secondary N) is 2. The van der Waals surface area contributed by atoms with Crippen molar-refractivity contribution in [2.45, 2.75) is 43.0 Å². The van der Waals surface area contributed by atoms with Crippen LogP contribution in [0.4, 0.5) is 0 Å². The molecule has 0 unspecified atom stereocenters. The summed E-state index contributed by atoms with van der Waals surface area (Å²) in [6.07, 6.45) is 6.11. The molecule has 1 fully saturated rings. The molecule has 0 aromatic heterocycles. The Labute approximate surface area is 156 Å². The fourth-order valence-corrected chi connectivity index (χ4v) is 3.86. The predicted octanol–water partition coefficient (Wildman–Crippen LogP) is 2.58. The minimum absolute atomic E-state index is 0. The van der Waals surface area contributed by atoms with Crippen LogP contribution in [0.25, 0.3) is 0 Å². The van der Waals surface area contributed by atoms with Crippen LogP contribution in [0.5, 0.6) is 0 Å². The number of guanidine groups is 1. The van der Waals surface area contributed by atoms with Crippen LogP contribution in [0, 0.1) is 0 Å². The van der Waals surface area contributed by atoms with Gasteiger partial charge in [-0.2, -0.15) is 0 Å². The molecule has 0 spiro atoms. The Morgan fingerprint density at radius 2 is 1.83 bits per heavy atom. The number of sulfone groups is 1. The number of halogens is 1. The van der Waals surface area contributed by atoms with Crippen molar-refractivity contribution in [1.82, 2.24) is 10.6 Å². The summed E-state index contributed by atoms with van der Waals surface area (Å²) in [5.74, 6) is 0.748. The summed E-state index contributed by atoms with van der Waals surface area (Å²) < 4.78 is 24.4. The smallest absolute Gasteiger partial charge is 0.191 e. The molecule has 5 nitrogen and oxygen atoms in total. The maximum atomic E-state index is 12.2. The van der Waals surface area contributed by atoms with Crippen molar-refractivity contribution >= 4 is 39.8 Å². The lowest BCUT2D eigenvalue weighted by Gasteiger charge is -2.24. The Morgan fingerprint density at radius 3 is 2.43 bits per heavy atom. The quantitative estimate of drug-likeness (QED) is 0.410. The van der Waals surface area contributed by atoms with Gasteiger partial charge < -0.3 is 10.6 Å². The molecule has 1 aromatic rings. The summed E-state index contributed by atoms with van der Waals surface area (Å²) in [5.41, 5.74) is 0. The van der Waals surface area contributed by atoms with Gasteiger partial charge in [0.25, 0.3) is 0 Å². The van der Waals surface area contributed by atoms with Gasteiger partial charge in [0.2, 0.25) is 0 Å². The van der Waals surface area contributed by atoms with Gasteiger partial charge in [0.15, 0.2) is 15.8 Å². The Hall–Kier alpha value is -0.830. The number of aliphatic imine (C=N–C) groups is 1. The highest BCUT2D eigenvalue weighted by Gasteiger charge is 2.16. The molecular formula is C16H26IN3O2S.